The van der Waals surface area contributed by atoms with Crippen LogP contribution in [0.4, 0.5) is 5.95 Å². The van der Waals surface area contributed by atoms with Crippen LogP contribution < -0.4 is 5.73 Å². The van der Waals surface area contributed by atoms with Gasteiger partial charge in [-0.1, -0.05) is 35.4 Å². The molecule has 0 saturated carbocycles. The average Bonchev–Trinajstić information content (AvgIpc) is 2.72. The van der Waals surface area contributed by atoms with Crippen LogP contribution in [-0.2, 0) is 13.0 Å². The summed E-state index contributed by atoms with van der Waals surface area (Å²) < 4.78 is 1.63. The van der Waals surface area contributed by atoms with Crippen molar-refractivity contribution in [2.45, 2.75) is 25.8 Å². The van der Waals surface area contributed by atoms with E-state index < -0.39 is 0 Å². The fraction of sp³-hybridized carbons (Fsp3) is 0.364. The highest BCUT2D eigenvalue weighted by Gasteiger charge is 1.99. The Bertz CT molecular complexity index is 423. The molecule has 1 aromatic carbocycles. The standard InChI is InChI=1S/C11H15N5/c12-11-13-14-15-16(11)9-5-4-8-10-6-2-1-3-7-10/h1-3,6-7H,4-5,8-9H2,(H2,12,13,15). The quantitative estimate of drug-likeness (QED) is 0.766. The summed E-state index contributed by atoms with van der Waals surface area (Å²) in [5.41, 5.74) is 6.93. The number of anilines is 1. The second-order valence-electron chi connectivity index (χ2n) is 3.70. The van der Waals surface area contributed by atoms with Crippen LogP contribution in [-0.4, -0.2) is 20.2 Å². The van der Waals surface area contributed by atoms with Gasteiger partial charge in [0, 0.05) is 6.54 Å². The van der Waals surface area contributed by atoms with E-state index in [1.54, 1.807) is 4.68 Å². The summed E-state index contributed by atoms with van der Waals surface area (Å²) in [6.45, 7) is 0.783. The molecule has 2 rings (SSSR count). The Kier molecular flexibility index (Phi) is 3.48. The number of nitrogen functional groups attached to an aromatic ring is 1. The van der Waals surface area contributed by atoms with Gasteiger partial charge in [0.2, 0.25) is 5.95 Å². The van der Waals surface area contributed by atoms with Crippen molar-refractivity contribution in [2.75, 3.05) is 5.73 Å². The largest absolute Gasteiger partial charge is 0.367 e. The number of tetrazole rings is 1. The average molecular weight is 217 g/mol. The number of unbranched alkanes of at least 4 members (excludes halogenated alkanes) is 1. The van der Waals surface area contributed by atoms with Crippen molar-refractivity contribution in [1.82, 2.24) is 20.2 Å². The molecule has 0 atom stereocenters. The van der Waals surface area contributed by atoms with Crippen LogP contribution in [0.3, 0.4) is 0 Å². The molecule has 0 spiro atoms. The molecule has 5 heteroatoms. The highest BCUT2D eigenvalue weighted by atomic mass is 15.6. The molecule has 2 aromatic rings. The summed E-state index contributed by atoms with van der Waals surface area (Å²) in [4.78, 5) is 0. The molecule has 1 heterocycles. The third-order valence-corrected chi connectivity index (χ3v) is 2.49. The second kappa shape index (κ2) is 5.25. The van der Waals surface area contributed by atoms with Gasteiger partial charge in [-0.05, 0) is 35.3 Å². The molecular weight excluding hydrogens is 202 g/mol. The summed E-state index contributed by atoms with van der Waals surface area (Å²) in [6, 6.07) is 10.4. The van der Waals surface area contributed by atoms with Gasteiger partial charge in [0.25, 0.3) is 0 Å². The first kappa shape index (κ1) is 10.6. The van der Waals surface area contributed by atoms with Crippen molar-refractivity contribution in [1.29, 1.82) is 0 Å². The van der Waals surface area contributed by atoms with Gasteiger partial charge in [0.1, 0.15) is 0 Å². The first-order valence-corrected chi connectivity index (χ1v) is 5.42. The third-order valence-electron chi connectivity index (χ3n) is 2.49. The lowest BCUT2D eigenvalue weighted by Gasteiger charge is -2.02. The van der Waals surface area contributed by atoms with Crippen LogP contribution in [0.15, 0.2) is 30.3 Å². The van der Waals surface area contributed by atoms with Crippen molar-refractivity contribution in [3.63, 3.8) is 0 Å². The topological polar surface area (TPSA) is 69.6 Å². The Balaban J connectivity index is 1.72. The lowest BCUT2D eigenvalue weighted by Crippen LogP contribution is -2.05. The Morgan fingerprint density at radius 1 is 1.12 bits per heavy atom. The molecule has 16 heavy (non-hydrogen) atoms. The molecule has 5 nitrogen and oxygen atoms in total. The molecule has 0 radical (unpaired) electrons. The molecule has 0 unspecified atom stereocenters. The molecule has 0 aliphatic heterocycles. The molecule has 0 amide bonds. The molecule has 1 aromatic heterocycles. The number of hydrogen-bond donors (Lipinski definition) is 1. The number of nitrogens with zero attached hydrogens (tertiary/aromatic N) is 4. The molecule has 0 fully saturated rings. The zero-order valence-corrected chi connectivity index (χ0v) is 9.08. The van der Waals surface area contributed by atoms with Crippen LogP contribution in [0, 0.1) is 0 Å². The molecule has 0 aliphatic rings. The van der Waals surface area contributed by atoms with E-state index in [1.807, 2.05) is 6.07 Å². The Morgan fingerprint density at radius 2 is 1.94 bits per heavy atom. The van der Waals surface area contributed by atoms with E-state index in [0.717, 1.165) is 25.8 Å². The van der Waals surface area contributed by atoms with E-state index in [1.165, 1.54) is 5.56 Å². The van der Waals surface area contributed by atoms with E-state index in [-0.39, 0.29) is 0 Å². The summed E-state index contributed by atoms with van der Waals surface area (Å²) in [5, 5.41) is 10.9. The Labute approximate surface area is 94.3 Å². The molecular formula is C11H15N5. The van der Waals surface area contributed by atoms with E-state index >= 15 is 0 Å². The van der Waals surface area contributed by atoms with Gasteiger partial charge in [0.15, 0.2) is 0 Å². The van der Waals surface area contributed by atoms with Crippen molar-refractivity contribution < 1.29 is 0 Å². The van der Waals surface area contributed by atoms with Crippen molar-refractivity contribution in [3.8, 4) is 0 Å². The van der Waals surface area contributed by atoms with Crippen LogP contribution in [0.2, 0.25) is 0 Å². The highest BCUT2D eigenvalue weighted by molar-refractivity contribution is 5.14. The van der Waals surface area contributed by atoms with E-state index in [2.05, 4.69) is 39.8 Å². The van der Waals surface area contributed by atoms with Gasteiger partial charge in [-0.15, -0.1) is 0 Å². The van der Waals surface area contributed by atoms with Gasteiger partial charge in [0.05, 0.1) is 0 Å². The smallest absolute Gasteiger partial charge is 0.240 e. The normalized spacial score (nSPS) is 10.5. The number of hydrogen-bond acceptors (Lipinski definition) is 4. The van der Waals surface area contributed by atoms with Gasteiger partial charge < -0.3 is 5.73 Å². The number of aryl methyl sites for hydroxylation is 2. The Morgan fingerprint density at radius 3 is 2.62 bits per heavy atom. The number of benzene rings is 1. The van der Waals surface area contributed by atoms with Gasteiger partial charge in [-0.25, -0.2) is 4.68 Å². The minimum absolute atomic E-state index is 0.389. The molecule has 84 valence electrons. The maximum absolute atomic E-state index is 5.56. The first-order chi connectivity index (χ1) is 7.86. The van der Waals surface area contributed by atoms with Crippen LogP contribution in [0.25, 0.3) is 0 Å². The Hall–Kier alpha value is -1.91. The lowest BCUT2D eigenvalue weighted by atomic mass is 10.1. The second-order valence-corrected chi connectivity index (χ2v) is 3.70. The predicted molar refractivity (Wildman–Crippen MR) is 61.6 cm³/mol. The van der Waals surface area contributed by atoms with E-state index in [9.17, 15) is 0 Å². The minimum atomic E-state index is 0.389. The summed E-state index contributed by atoms with van der Waals surface area (Å²) in [6.07, 6.45) is 3.23. The number of nitrogens with two attached hydrogens (primary N) is 1. The monoisotopic (exact) mass is 217 g/mol. The maximum atomic E-state index is 5.56. The first-order valence-electron chi connectivity index (χ1n) is 5.42. The molecule has 2 N–H and O–H groups in total. The lowest BCUT2D eigenvalue weighted by molar-refractivity contribution is 0.546. The number of aromatic nitrogens is 4. The summed E-state index contributed by atoms with van der Waals surface area (Å²) in [5.74, 6) is 0.389. The fourth-order valence-corrected chi connectivity index (χ4v) is 1.61. The molecule has 0 bridgehead atoms. The fourth-order valence-electron chi connectivity index (χ4n) is 1.61. The summed E-state index contributed by atoms with van der Waals surface area (Å²) >= 11 is 0. The van der Waals surface area contributed by atoms with Crippen molar-refractivity contribution in [2.24, 2.45) is 0 Å². The van der Waals surface area contributed by atoms with Crippen molar-refractivity contribution >= 4 is 5.95 Å². The molecule has 0 aliphatic carbocycles. The zero-order valence-electron chi connectivity index (χ0n) is 9.08. The SMILES string of the molecule is Nc1nnnn1CCCCc1ccccc1. The third kappa shape index (κ3) is 2.79. The van der Waals surface area contributed by atoms with Crippen LogP contribution in [0.1, 0.15) is 18.4 Å². The van der Waals surface area contributed by atoms with Crippen LogP contribution >= 0.6 is 0 Å². The van der Waals surface area contributed by atoms with Gasteiger partial charge >= 0.3 is 0 Å². The predicted octanol–water partition coefficient (Wildman–Crippen LogP) is 1.28. The van der Waals surface area contributed by atoms with Gasteiger partial charge in [-0.3, -0.25) is 0 Å². The summed E-state index contributed by atoms with van der Waals surface area (Å²) in [7, 11) is 0. The van der Waals surface area contributed by atoms with Crippen molar-refractivity contribution in [3.05, 3.63) is 35.9 Å². The van der Waals surface area contributed by atoms with E-state index in [4.69, 9.17) is 5.73 Å². The van der Waals surface area contributed by atoms with Crippen LogP contribution in [0.5, 0.6) is 0 Å². The maximum Gasteiger partial charge on any atom is 0.240 e. The van der Waals surface area contributed by atoms with E-state index in [0.29, 0.717) is 5.95 Å². The zero-order chi connectivity index (χ0) is 11.2. The molecule has 0 saturated heterocycles. The van der Waals surface area contributed by atoms with Gasteiger partial charge in [-0.2, -0.15) is 0 Å². The minimum Gasteiger partial charge on any atom is -0.367 e. The highest BCUT2D eigenvalue weighted by Crippen LogP contribution is 2.05. The number of rotatable bonds is 5.